The first-order chi connectivity index (χ1) is 16.9. The quantitative estimate of drug-likeness (QED) is 0.435. The summed E-state index contributed by atoms with van der Waals surface area (Å²) in [5, 5.41) is 8.17. The lowest BCUT2D eigenvalue weighted by atomic mass is 9.88. The first-order valence-corrected chi connectivity index (χ1v) is 13.5. The molecule has 1 saturated heterocycles. The summed E-state index contributed by atoms with van der Waals surface area (Å²) in [6.07, 6.45) is 15.7. The highest BCUT2D eigenvalue weighted by Gasteiger charge is 2.34. The molecule has 8 heteroatoms. The maximum absolute atomic E-state index is 6.64. The molecule has 194 valence electrons. The summed E-state index contributed by atoms with van der Waals surface area (Å²) < 4.78 is 11.2. The molecule has 1 aromatic heterocycles. The minimum absolute atomic E-state index is 0.108. The number of hydrogen-bond donors (Lipinski definition) is 3. The molecule has 0 amide bonds. The fourth-order valence-electron chi connectivity index (χ4n) is 5.97. The molecule has 4 N–H and O–H groups in total. The highest BCUT2D eigenvalue weighted by Crippen LogP contribution is 2.36. The van der Waals surface area contributed by atoms with E-state index in [9.17, 15) is 0 Å². The van der Waals surface area contributed by atoms with E-state index in [1.165, 1.54) is 0 Å². The number of nitrogens with one attached hydrogen (secondary N) is 2. The number of hydrogen-bond acceptors (Lipinski definition) is 7. The molecular weight excluding hydrogens is 462 g/mol. The molecule has 0 bridgehead atoms. The van der Waals surface area contributed by atoms with E-state index >= 15 is 0 Å². The predicted octanol–water partition coefficient (Wildman–Crippen LogP) is 4.20. The molecule has 3 aliphatic rings. The number of halogens is 1. The van der Waals surface area contributed by atoms with Crippen LogP contribution in [0.4, 0.5) is 5.82 Å². The average molecular weight is 504 g/mol. The Labute approximate surface area is 215 Å². The molecule has 0 aromatic carbocycles. The molecule has 7 nitrogen and oxygen atoms in total. The van der Waals surface area contributed by atoms with Crippen molar-refractivity contribution in [2.45, 2.75) is 82.8 Å². The van der Waals surface area contributed by atoms with E-state index in [0.29, 0.717) is 41.1 Å². The molecule has 1 aliphatic carbocycles. The third-order valence-corrected chi connectivity index (χ3v) is 7.82. The van der Waals surface area contributed by atoms with Crippen molar-refractivity contribution in [1.82, 2.24) is 20.5 Å². The summed E-state index contributed by atoms with van der Waals surface area (Å²) in [5.74, 6) is 1.10. The second-order valence-corrected chi connectivity index (χ2v) is 10.7. The maximum Gasteiger partial charge on any atom is 0.124 e. The summed E-state index contributed by atoms with van der Waals surface area (Å²) in [5.41, 5.74) is 8.14. The van der Waals surface area contributed by atoms with Gasteiger partial charge in [-0.3, -0.25) is 5.32 Å². The summed E-state index contributed by atoms with van der Waals surface area (Å²) in [6.45, 7) is 7.00. The summed E-state index contributed by atoms with van der Waals surface area (Å²) in [7, 11) is 1.75. The lowest BCUT2D eigenvalue weighted by Gasteiger charge is -2.45. The molecule has 2 unspecified atom stereocenters. The Kier molecular flexibility index (Phi) is 9.47. The Balaban J connectivity index is 1.50. The van der Waals surface area contributed by atoms with Crippen molar-refractivity contribution in [3.05, 3.63) is 41.1 Å². The van der Waals surface area contributed by atoms with Crippen molar-refractivity contribution >= 4 is 23.1 Å². The molecule has 35 heavy (non-hydrogen) atoms. The molecule has 1 saturated carbocycles. The number of aromatic nitrogens is 1. The number of anilines is 1. The fraction of sp³-hybridized carbons (Fsp3) is 0.667. The number of nitrogens with zero attached hydrogens (tertiary/aromatic N) is 2. The van der Waals surface area contributed by atoms with Gasteiger partial charge in [0.2, 0.25) is 0 Å². The van der Waals surface area contributed by atoms with Crippen LogP contribution in [0.25, 0.3) is 5.70 Å². The van der Waals surface area contributed by atoms with Crippen LogP contribution >= 0.6 is 11.6 Å². The first-order valence-electron chi connectivity index (χ1n) is 13.1. The van der Waals surface area contributed by atoms with E-state index in [0.717, 1.165) is 69.5 Å². The highest BCUT2D eigenvalue weighted by molar-refractivity contribution is 6.32. The van der Waals surface area contributed by atoms with Gasteiger partial charge >= 0.3 is 0 Å². The van der Waals surface area contributed by atoms with E-state index in [-0.39, 0.29) is 6.17 Å². The number of allylic oxidation sites excluding steroid dienone is 2. The van der Waals surface area contributed by atoms with Crippen molar-refractivity contribution in [3.8, 4) is 0 Å². The zero-order chi connectivity index (χ0) is 24.8. The predicted molar refractivity (Wildman–Crippen MR) is 143 cm³/mol. The lowest BCUT2D eigenvalue weighted by molar-refractivity contribution is -0.0524. The van der Waals surface area contributed by atoms with Crippen molar-refractivity contribution in [1.29, 1.82) is 0 Å². The third kappa shape index (κ3) is 6.98. The van der Waals surface area contributed by atoms with Crippen molar-refractivity contribution < 1.29 is 9.47 Å². The number of nitrogen functional groups attached to an aromatic ring is 1. The van der Waals surface area contributed by atoms with Crippen LogP contribution in [0, 0.1) is 5.92 Å². The minimum atomic E-state index is 0.108. The van der Waals surface area contributed by atoms with Crippen LogP contribution in [0.5, 0.6) is 0 Å². The molecule has 0 spiro atoms. The summed E-state index contributed by atoms with van der Waals surface area (Å²) in [4.78, 5) is 6.72. The van der Waals surface area contributed by atoms with E-state index < -0.39 is 0 Å². The maximum atomic E-state index is 6.64. The highest BCUT2D eigenvalue weighted by atomic mass is 35.5. The molecule has 0 radical (unpaired) electrons. The van der Waals surface area contributed by atoms with Crippen LogP contribution in [-0.4, -0.2) is 67.1 Å². The first kappa shape index (κ1) is 26.4. The number of ether oxygens (including phenoxy) is 2. The Morgan fingerprint density at radius 3 is 2.63 bits per heavy atom. The standard InChI is InChI=1S/C27H42ClN5O2/c1-18-13-20(14-19(2)35-18)16-32-27-6-4-5-25(23-15-26(29)31-17-24(23)28)33(27)22-9-7-21(8-10-22)30-11-12-34-3/h4-6,15,17-22,27,30,32H,7-14,16H2,1-3H3,(H2,29,31)/t18-,19+,20?,21?,22?,27?. The Morgan fingerprint density at radius 1 is 1.17 bits per heavy atom. The van der Waals surface area contributed by atoms with Crippen molar-refractivity contribution in [2.24, 2.45) is 5.92 Å². The smallest absolute Gasteiger partial charge is 0.124 e. The number of rotatable bonds is 9. The largest absolute Gasteiger partial charge is 0.384 e. The lowest BCUT2D eigenvalue weighted by Crippen LogP contribution is -2.53. The van der Waals surface area contributed by atoms with Gasteiger partial charge < -0.3 is 25.4 Å². The van der Waals surface area contributed by atoms with Gasteiger partial charge in [0.25, 0.3) is 0 Å². The minimum Gasteiger partial charge on any atom is -0.384 e. The zero-order valence-corrected chi connectivity index (χ0v) is 22.1. The molecular formula is C27H42ClN5O2. The normalized spacial score (nSPS) is 31.4. The third-order valence-electron chi connectivity index (χ3n) is 7.52. The van der Waals surface area contributed by atoms with Gasteiger partial charge in [-0.05, 0) is 76.5 Å². The molecule has 2 fully saturated rings. The van der Waals surface area contributed by atoms with Crippen LogP contribution in [0.3, 0.4) is 0 Å². The second-order valence-electron chi connectivity index (χ2n) is 10.3. The Morgan fingerprint density at radius 2 is 1.91 bits per heavy atom. The van der Waals surface area contributed by atoms with Crippen LogP contribution in [0.2, 0.25) is 5.02 Å². The van der Waals surface area contributed by atoms with Crippen LogP contribution < -0.4 is 16.4 Å². The Bertz CT molecular complexity index is 876. The van der Waals surface area contributed by atoms with Gasteiger partial charge in [0, 0.05) is 49.7 Å². The van der Waals surface area contributed by atoms with Gasteiger partial charge in [0.15, 0.2) is 0 Å². The zero-order valence-electron chi connectivity index (χ0n) is 21.4. The molecule has 2 aliphatic heterocycles. The molecule has 4 atom stereocenters. The second kappa shape index (κ2) is 12.5. The topological polar surface area (TPSA) is 84.7 Å². The van der Waals surface area contributed by atoms with Gasteiger partial charge in [-0.15, -0.1) is 0 Å². The van der Waals surface area contributed by atoms with Gasteiger partial charge in [-0.25, -0.2) is 4.98 Å². The molecule has 4 rings (SSSR count). The van der Waals surface area contributed by atoms with Crippen molar-refractivity contribution in [2.75, 3.05) is 32.5 Å². The van der Waals surface area contributed by atoms with E-state index in [2.05, 4.69) is 52.6 Å². The monoisotopic (exact) mass is 503 g/mol. The van der Waals surface area contributed by atoms with Gasteiger partial charge in [0.1, 0.15) is 5.82 Å². The van der Waals surface area contributed by atoms with E-state index in [1.807, 2.05) is 6.07 Å². The van der Waals surface area contributed by atoms with E-state index in [4.69, 9.17) is 26.8 Å². The molecule has 3 heterocycles. The van der Waals surface area contributed by atoms with Gasteiger partial charge in [-0.1, -0.05) is 17.7 Å². The number of nitrogens with two attached hydrogens (primary N) is 1. The van der Waals surface area contributed by atoms with E-state index in [1.54, 1.807) is 13.3 Å². The van der Waals surface area contributed by atoms with Crippen LogP contribution in [0.1, 0.15) is 57.9 Å². The Hall–Kier alpha value is -1.64. The summed E-state index contributed by atoms with van der Waals surface area (Å²) in [6, 6.07) is 2.87. The van der Waals surface area contributed by atoms with Gasteiger partial charge in [-0.2, -0.15) is 0 Å². The van der Waals surface area contributed by atoms with Gasteiger partial charge in [0.05, 0.1) is 30.0 Å². The van der Waals surface area contributed by atoms with Crippen LogP contribution in [0.15, 0.2) is 30.5 Å². The average Bonchev–Trinajstić information content (AvgIpc) is 2.84. The summed E-state index contributed by atoms with van der Waals surface area (Å²) >= 11 is 6.64. The number of pyridine rings is 1. The van der Waals surface area contributed by atoms with Crippen molar-refractivity contribution in [3.63, 3.8) is 0 Å². The molecule has 1 aromatic rings. The SMILES string of the molecule is COCCNC1CCC(N2C(c3cc(N)ncc3Cl)=CC=CC2NCC2C[C@@H](C)O[C@@H](C)C2)CC1. The van der Waals surface area contributed by atoms with Crippen LogP contribution in [-0.2, 0) is 9.47 Å². The number of methoxy groups -OCH3 is 1. The fourth-order valence-corrected chi connectivity index (χ4v) is 6.17.